The fraction of sp³-hybridized carbons (Fsp3) is 0.167. The average molecular weight is 389 g/mol. The molecule has 5 heteroatoms. The molecule has 0 saturated heterocycles. The van der Waals surface area contributed by atoms with E-state index in [2.05, 4.69) is 5.32 Å². The summed E-state index contributed by atoms with van der Waals surface area (Å²) in [5.74, 6) is -0.726. The van der Waals surface area contributed by atoms with Crippen LogP contribution in [0.2, 0.25) is 0 Å². The van der Waals surface area contributed by atoms with Gasteiger partial charge in [-0.3, -0.25) is 4.79 Å². The Morgan fingerprint density at radius 1 is 0.793 bits per heavy atom. The third kappa shape index (κ3) is 5.77. The number of ether oxygens (including phenoxy) is 2. The molecule has 0 aliphatic heterocycles. The molecule has 148 valence electrons. The zero-order valence-corrected chi connectivity index (χ0v) is 16.3. The van der Waals surface area contributed by atoms with Crippen LogP contribution in [0.25, 0.3) is 0 Å². The minimum atomic E-state index is -0.472. The number of benzene rings is 3. The summed E-state index contributed by atoms with van der Waals surface area (Å²) in [6, 6.07) is 24.3. The van der Waals surface area contributed by atoms with Crippen LogP contribution in [-0.4, -0.2) is 19.0 Å². The quantitative estimate of drug-likeness (QED) is 0.589. The van der Waals surface area contributed by atoms with E-state index in [0.717, 1.165) is 16.7 Å². The van der Waals surface area contributed by atoms with Gasteiger partial charge < -0.3 is 14.8 Å². The van der Waals surface area contributed by atoms with Crippen molar-refractivity contribution in [3.8, 4) is 0 Å². The van der Waals surface area contributed by atoms with Gasteiger partial charge in [-0.05, 0) is 34.9 Å². The predicted molar refractivity (Wildman–Crippen MR) is 110 cm³/mol. The highest BCUT2D eigenvalue weighted by atomic mass is 16.5. The molecular weight excluding hydrogens is 366 g/mol. The Labute approximate surface area is 170 Å². The molecule has 0 saturated carbocycles. The van der Waals surface area contributed by atoms with E-state index in [-0.39, 0.29) is 5.91 Å². The molecule has 0 aliphatic rings. The van der Waals surface area contributed by atoms with E-state index in [0.29, 0.717) is 30.9 Å². The lowest BCUT2D eigenvalue weighted by molar-refractivity contribution is 0.0600. The topological polar surface area (TPSA) is 64.6 Å². The Kier molecular flexibility index (Phi) is 7.14. The largest absolute Gasteiger partial charge is 0.465 e. The van der Waals surface area contributed by atoms with E-state index in [1.165, 1.54) is 13.2 Å². The highest BCUT2D eigenvalue weighted by Crippen LogP contribution is 2.13. The van der Waals surface area contributed by atoms with Gasteiger partial charge in [0.05, 0.1) is 25.9 Å². The van der Waals surface area contributed by atoms with Crippen molar-refractivity contribution < 1.29 is 19.1 Å². The Bertz CT molecular complexity index is 969. The fourth-order valence-corrected chi connectivity index (χ4v) is 2.91. The van der Waals surface area contributed by atoms with Crippen molar-refractivity contribution in [3.63, 3.8) is 0 Å². The van der Waals surface area contributed by atoms with Crippen molar-refractivity contribution in [2.45, 2.75) is 19.8 Å². The second-order valence-corrected chi connectivity index (χ2v) is 6.50. The molecule has 1 N–H and O–H groups in total. The van der Waals surface area contributed by atoms with Crippen LogP contribution in [0.5, 0.6) is 0 Å². The van der Waals surface area contributed by atoms with Crippen molar-refractivity contribution in [2.75, 3.05) is 7.11 Å². The molecule has 5 nitrogen and oxygen atoms in total. The Hall–Kier alpha value is -3.44. The van der Waals surface area contributed by atoms with E-state index >= 15 is 0 Å². The monoisotopic (exact) mass is 389 g/mol. The first-order valence-corrected chi connectivity index (χ1v) is 9.32. The maximum atomic E-state index is 12.5. The second kappa shape index (κ2) is 10.2. The Morgan fingerprint density at radius 3 is 2.24 bits per heavy atom. The van der Waals surface area contributed by atoms with Gasteiger partial charge in [-0.2, -0.15) is 0 Å². The maximum absolute atomic E-state index is 12.5. The molecule has 0 spiro atoms. The van der Waals surface area contributed by atoms with E-state index < -0.39 is 5.97 Å². The number of hydrogen-bond donors (Lipinski definition) is 1. The van der Waals surface area contributed by atoms with Crippen LogP contribution in [0.15, 0.2) is 78.9 Å². The normalized spacial score (nSPS) is 10.4. The minimum absolute atomic E-state index is 0.254. The van der Waals surface area contributed by atoms with Gasteiger partial charge in [0.15, 0.2) is 0 Å². The number of carbonyl (C=O) groups excluding carboxylic acids is 2. The summed E-state index contributed by atoms with van der Waals surface area (Å²) in [4.78, 5) is 24.1. The zero-order valence-electron chi connectivity index (χ0n) is 16.3. The van der Waals surface area contributed by atoms with Gasteiger partial charge in [-0.1, -0.05) is 60.7 Å². The Balaban J connectivity index is 1.59. The highest BCUT2D eigenvalue weighted by Gasteiger charge is 2.11. The molecule has 3 rings (SSSR count). The highest BCUT2D eigenvalue weighted by molar-refractivity contribution is 5.97. The van der Waals surface area contributed by atoms with E-state index in [4.69, 9.17) is 9.47 Å². The van der Waals surface area contributed by atoms with Crippen LogP contribution < -0.4 is 5.32 Å². The standard InChI is InChI=1S/C24H23NO4/c1-28-24(27)20-13-7-12-19(14-20)23(26)25-15-21-10-5-6-11-22(21)17-29-16-18-8-3-2-4-9-18/h2-14H,15-17H2,1H3,(H,25,26). The van der Waals surface area contributed by atoms with Crippen LogP contribution in [0.1, 0.15) is 37.4 Å². The molecule has 0 heterocycles. The number of rotatable bonds is 8. The summed E-state index contributed by atoms with van der Waals surface area (Å²) in [5.41, 5.74) is 3.87. The van der Waals surface area contributed by atoms with Crippen LogP contribution in [0, 0.1) is 0 Å². The van der Waals surface area contributed by atoms with Gasteiger partial charge in [-0.25, -0.2) is 4.79 Å². The second-order valence-electron chi connectivity index (χ2n) is 6.50. The predicted octanol–water partition coefficient (Wildman–Crippen LogP) is 4.12. The van der Waals surface area contributed by atoms with Crippen molar-refractivity contribution in [3.05, 3.63) is 107 Å². The molecule has 29 heavy (non-hydrogen) atoms. The first kappa shape index (κ1) is 20.3. The minimum Gasteiger partial charge on any atom is -0.465 e. The summed E-state index contributed by atoms with van der Waals surface area (Å²) < 4.78 is 10.5. The van der Waals surface area contributed by atoms with Crippen LogP contribution in [0.4, 0.5) is 0 Å². The van der Waals surface area contributed by atoms with Crippen LogP contribution in [0.3, 0.4) is 0 Å². The molecular formula is C24H23NO4. The van der Waals surface area contributed by atoms with E-state index in [1.807, 2.05) is 54.6 Å². The zero-order chi connectivity index (χ0) is 20.5. The number of nitrogens with one attached hydrogen (secondary N) is 1. The molecule has 3 aromatic carbocycles. The molecule has 3 aromatic rings. The van der Waals surface area contributed by atoms with Crippen LogP contribution >= 0.6 is 0 Å². The van der Waals surface area contributed by atoms with Crippen molar-refractivity contribution in [1.29, 1.82) is 0 Å². The smallest absolute Gasteiger partial charge is 0.337 e. The number of carbonyl (C=O) groups is 2. The fourth-order valence-electron chi connectivity index (χ4n) is 2.91. The van der Waals surface area contributed by atoms with Gasteiger partial charge in [0, 0.05) is 12.1 Å². The number of esters is 1. The van der Waals surface area contributed by atoms with E-state index in [1.54, 1.807) is 18.2 Å². The van der Waals surface area contributed by atoms with Crippen molar-refractivity contribution in [2.24, 2.45) is 0 Å². The summed E-state index contributed by atoms with van der Waals surface area (Å²) in [5, 5.41) is 2.90. The average Bonchev–Trinajstić information content (AvgIpc) is 2.78. The van der Waals surface area contributed by atoms with Gasteiger partial charge in [0.1, 0.15) is 0 Å². The summed E-state index contributed by atoms with van der Waals surface area (Å²) in [6.07, 6.45) is 0. The summed E-state index contributed by atoms with van der Waals surface area (Å²) >= 11 is 0. The van der Waals surface area contributed by atoms with Gasteiger partial charge >= 0.3 is 5.97 Å². The third-order valence-corrected chi connectivity index (χ3v) is 4.47. The summed E-state index contributed by atoms with van der Waals surface area (Å²) in [6.45, 7) is 1.35. The number of methoxy groups -OCH3 is 1. The molecule has 0 aliphatic carbocycles. The molecule has 1 amide bonds. The number of hydrogen-bond acceptors (Lipinski definition) is 4. The Morgan fingerprint density at radius 2 is 1.48 bits per heavy atom. The molecule has 0 radical (unpaired) electrons. The molecule has 0 fully saturated rings. The van der Waals surface area contributed by atoms with Crippen molar-refractivity contribution in [1.82, 2.24) is 5.32 Å². The van der Waals surface area contributed by atoms with Crippen LogP contribution in [-0.2, 0) is 29.2 Å². The molecule has 0 aromatic heterocycles. The number of amides is 1. The first-order chi connectivity index (χ1) is 14.2. The lowest BCUT2D eigenvalue weighted by atomic mass is 10.1. The maximum Gasteiger partial charge on any atom is 0.337 e. The lowest BCUT2D eigenvalue weighted by Gasteiger charge is -2.12. The van der Waals surface area contributed by atoms with Crippen molar-refractivity contribution >= 4 is 11.9 Å². The lowest BCUT2D eigenvalue weighted by Crippen LogP contribution is -2.23. The molecule has 0 unspecified atom stereocenters. The SMILES string of the molecule is COC(=O)c1cccc(C(=O)NCc2ccccc2COCc2ccccc2)c1. The van der Waals surface area contributed by atoms with Gasteiger partial charge in [0.25, 0.3) is 5.91 Å². The molecule has 0 atom stereocenters. The first-order valence-electron chi connectivity index (χ1n) is 9.32. The van der Waals surface area contributed by atoms with Gasteiger partial charge in [0.2, 0.25) is 0 Å². The van der Waals surface area contributed by atoms with Gasteiger partial charge in [-0.15, -0.1) is 0 Å². The molecule has 0 bridgehead atoms. The van der Waals surface area contributed by atoms with E-state index in [9.17, 15) is 9.59 Å². The third-order valence-electron chi connectivity index (χ3n) is 4.47. The summed E-state index contributed by atoms with van der Waals surface area (Å²) in [7, 11) is 1.31.